The first-order chi connectivity index (χ1) is 19.3. The Balaban J connectivity index is 1.39. The fourth-order valence-electron chi connectivity index (χ4n) is 5.35. The number of carbonyl (C=O) groups excluding carboxylic acids is 2. The molecule has 2 amide bonds. The summed E-state index contributed by atoms with van der Waals surface area (Å²) in [4.78, 5) is 28.7. The van der Waals surface area contributed by atoms with Crippen molar-refractivity contribution in [3.05, 3.63) is 90.0 Å². The number of hydrogen-bond acceptors (Lipinski definition) is 5. The smallest absolute Gasteiger partial charge is 0.263 e. The van der Waals surface area contributed by atoms with Crippen LogP contribution in [0.5, 0.6) is 5.75 Å². The van der Waals surface area contributed by atoms with Gasteiger partial charge in [0.05, 0.1) is 23.7 Å². The molecule has 0 aromatic heterocycles. The van der Waals surface area contributed by atoms with E-state index in [1.165, 1.54) is 9.21 Å². The van der Waals surface area contributed by atoms with Crippen molar-refractivity contribution in [2.75, 3.05) is 18.0 Å². The minimum atomic E-state index is -3.92. The average Bonchev–Trinajstić information content (AvgIpc) is 2.99. The van der Waals surface area contributed by atoms with Crippen LogP contribution in [0.2, 0.25) is 0 Å². The molecule has 5 rings (SSSR count). The molecular weight excluding hydrogens is 526 g/mol. The number of rotatable bonds is 8. The molecule has 0 bridgehead atoms. The second-order valence-corrected chi connectivity index (χ2v) is 12.3. The van der Waals surface area contributed by atoms with Gasteiger partial charge in [-0.15, -0.1) is 0 Å². The maximum Gasteiger partial charge on any atom is 0.263 e. The molecule has 8 nitrogen and oxygen atoms in total. The third kappa shape index (κ3) is 6.21. The average molecular weight is 562 g/mol. The van der Waals surface area contributed by atoms with Gasteiger partial charge in [0.15, 0.2) is 6.10 Å². The number of sulfonamides is 1. The van der Waals surface area contributed by atoms with Crippen molar-refractivity contribution in [3.63, 3.8) is 0 Å². The van der Waals surface area contributed by atoms with Crippen LogP contribution >= 0.6 is 0 Å². The number of amides is 2. The third-order valence-corrected chi connectivity index (χ3v) is 9.49. The van der Waals surface area contributed by atoms with Gasteiger partial charge in [-0.25, -0.2) is 8.42 Å². The number of benzene rings is 3. The number of para-hydroxylation sites is 2. The molecule has 2 aliphatic rings. The molecule has 0 spiro atoms. The molecule has 1 N–H and O–H groups in total. The Morgan fingerprint density at radius 1 is 0.925 bits per heavy atom. The number of hydrogen-bond donors (Lipinski definition) is 1. The van der Waals surface area contributed by atoms with E-state index in [0.29, 0.717) is 30.8 Å². The van der Waals surface area contributed by atoms with Crippen LogP contribution in [0.1, 0.15) is 43.2 Å². The van der Waals surface area contributed by atoms with Gasteiger partial charge < -0.3 is 15.0 Å². The van der Waals surface area contributed by atoms with Gasteiger partial charge >= 0.3 is 0 Å². The summed E-state index contributed by atoms with van der Waals surface area (Å²) in [5.74, 6) is -0.321. The second kappa shape index (κ2) is 12.2. The molecule has 0 unspecified atom stereocenters. The van der Waals surface area contributed by atoms with Crippen LogP contribution in [-0.4, -0.2) is 49.8 Å². The molecule has 1 aliphatic heterocycles. The molecule has 1 saturated carbocycles. The summed E-state index contributed by atoms with van der Waals surface area (Å²) in [6, 6.07) is 23.1. The number of ether oxygens (including phenoxy) is 1. The van der Waals surface area contributed by atoms with Crippen LogP contribution in [0.15, 0.2) is 83.8 Å². The van der Waals surface area contributed by atoms with Gasteiger partial charge in [0, 0.05) is 12.6 Å². The first-order valence-corrected chi connectivity index (χ1v) is 15.2. The monoisotopic (exact) mass is 561 g/mol. The highest BCUT2D eigenvalue weighted by Gasteiger charge is 2.38. The summed E-state index contributed by atoms with van der Waals surface area (Å²) in [5.41, 5.74) is 2.43. The maximum atomic E-state index is 13.9. The standard InChI is InChI=1S/C31H35N3O5S/c1-23-16-18-26(19-17-23)40(37,38)34(25-12-6-3-7-13-25)22-30(35)33-21-29(39-28-15-9-8-14-27(28)33)31(36)32-20-24-10-4-2-5-11-24/h2,4-5,8-11,14-19,25,29H,3,6-7,12-13,20-22H2,1H3,(H,32,36)/t29-/m0/s1. The third-order valence-electron chi connectivity index (χ3n) is 7.58. The predicted octanol–water partition coefficient (Wildman–Crippen LogP) is 4.43. The number of carbonyl (C=O) groups is 2. The Bertz CT molecular complexity index is 1440. The van der Waals surface area contributed by atoms with Crippen molar-refractivity contribution < 1.29 is 22.7 Å². The number of aryl methyl sites for hydroxylation is 1. The van der Waals surface area contributed by atoms with E-state index in [0.717, 1.165) is 30.4 Å². The summed E-state index contributed by atoms with van der Waals surface area (Å²) in [7, 11) is -3.92. The number of nitrogens with one attached hydrogen (secondary N) is 1. The molecule has 1 aliphatic carbocycles. The summed E-state index contributed by atoms with van der Waals surface area (Å²) >= 11 is 0. The fraction of sp³-hybridized carbons (Fsp3) is 0.355. The Morgan fingerprint density at radius 3 is 2.33 bits per heavy atom. The van der Waals surface area contributed by atoms with E-state index in [9.17, 15) is 18.0 Å². The lowest BCUT2D eigenvalue weighted by molar-refractivity contribution is -0.128. The first kappa shape index (κ1) is 27.9. The van der Waals surface area contributed by atoms with E-state index in [1.54, 1.807) is 48.5 Å². The minimum Gasteiger partial charge on any atom is -0.477 e. The number of anilines is 1. The zero-order valence-corrected chi connectivity index (χ0v) is 23.5. The summed E-state index contributed by atoms with van der Waals surface area (Å²) in [6.07, 6.45) is 3.38. The van der Waals surface area contributed by atoms with Crippen LogP contribution in [0.3, 0.4) is 0 Å². The largest absolute Gasteiger partial charge is 0.477 e. The number of fused-ring (bicyclic) bond motifs is 1. The van der Waals surface area contributed by atoms with Crippen LogP contribution in [0, 0.1) is 6.92 Å². The highest BCUT2D eigenvalue weighted by atomic mass is 32.2. The molecule has 0 radical (unpaired) electrons. The van der Waals surface area contributed by atoms with E-state index in [1.807, 2.05) is 37.3 Å². The molecule has 210 valence electrons. The van der Waals surface area contributed by atoms with Gasteiger partial charge in [-0.3, -0.25) is 9.59 Å². The Labute approximate surface area is 236 Å². The Morgan fingerprint density at radius 2 is 1.60 bits per heavy atom. The minimum absolute atomic E-state index is 0.0143. The summed E-state index contributed by atoms with van der Waals surface area (Å²) < 4.78 is 35.1. The first-order valence-electron chi connectivity index (χ1n) is 13.8. The van der Waals surface area contributed by atoms with Gasteiger partial charge in [-0.2, -0.15) is 4.31 Å². The molecule has 1 atom stereocenters. The van der Waals surface area contributed by atoms with Crippen molar-refractivity contribution in [1.82, 2.24) is 9.62 Å². The molecule has 3 aromatic rings. The van der Waals surface area contributed by atoms with Gasteiger partial charge in [0.2, 0.25) is 15.9 Å². The van der Waals surface area contributed by atoms with Gasteiger partial charge in [0.1, 0.15) is 5.75 Å². The lowest BCUT2D eigenvalue weighted by Crippen LogP contribution is -2.54. The zero-order chi connectivity index (χ0) is 28.1. The van der Waals surface area contributed by atoms with Crippen molar-refractivity contribution in [2.45, 2.75) is 62.6 Å². The van der Waals surface area contributed by atoms with E-state index < -0.39 is 22.0 Å². The molecule has 0 saturated heterocycles. The van der Waals surface area contributed by atoms with E-state index in [2.05, 4.69) is 5.32 Å². The van der Waals surface area contributed by atoms with Crippen molar-refractivity contribution in [2.24, 2.45) is 0 Å². The molecule has 3 aromatic carbocycles. The zero-order valence-electron chi connectivity index (χ0n) is 22.7. The lowest BCUT2D eigenvalue weighted by atomic mass is 9.95. The van der Waals surface area contributed by atoms with Crippen molar-refractivity contribution in [1.29, 1.82) is 0 Å². The van der Waals surface area contributed by atoms with Crippen LogP contribution in [0.4, 0.5) is 5.69 Å². The van der Waals surface area contributed by atoms with E-state index in [4.69, 9.17) is 4.74 Å². The second-order valence-electron chi connectivity index (χ2n) is 10.4. The van der Waals surface area contributed by atoms with Crippen molar-refractivity contribution >= 4 is 27.5 Å². The van der Waals surface area contributed by atoms with Gasteiger partial charge in [0.25, 0.3) is 5.91 Å². The van der Waals surface area contributed by atoms with E-state index >= 15 is 0 Å². The Hall–Kier alpha value is -3.69. The summed E-state index contributed by atoms with van der Waals surface area (Å²) in [5, 5.41) is 2.89. The quantitative estimate of drug-likeness (QED) is 0.439. The molecular formula is C31H35N3O5S. The van der Waals surface area contributed by atoms with Crippen molar-refractivity contribution in [3.8, 4) is 5.75 Å². The van der Waals surface area contributed by atoms with Gasteiger partial charge in [-0.1, -0.05) is 79.4 Å². The topological polar surface area (TPSA) is 96.0 Å². The molecule has 40 heavy (non-hydrogen) atoms. The van der Waals surface area contributed by atoms with Crippen LogP contribution in [-0.2, 0) is 26.2 Å². The highest BCUT2D eigenvalue weighted by molar-refractivity contribution is 7.89. The fourth-order valence-corrected chi connectivity index (χ4v) is 6.98. The predicted molar refractivity (Wildman–Crippen MR) is 153 cm³/mol. The van der Waals surface area contributed by atoms with Crippen LogP contribution in [0.25, 0.3) is 0 Å². The van der Waals surface area contributed by atoms with Gasteiger partial charge in [-0.05, 0) is 49.6 Å². The molecule has 9 heteroatoms. The lowest BCUT2D eigenvalue weighted by Gasteiger charge is -2.37. The highest BCUT2D eigenvalue weighted by Crippen LogP contribution is 2.34. The Kier molecular flexibility index (Phi) is 8.52. The molecule has 1 heterocycles. The normalized spacial score (nSPS) is 17.6. The van der Waals surface area contributed by atoms with Crippen LogP contribution < -0.4 is 15.0 Å². The summed E-state index contributed by atoms with van der Waals surface area (Å²) in [6.45, 7) is 1.91. The SMILES string of the molecule is Cc1ccc(S(=O)(=O)N(CC(=O)N2C[C@@H](C(=O)NCc3ccccc3)Oc3ccccc32)C2CCCCC2)cc1. The number of nitrogens with zero attached hydrogens (tertiary/aromatic N) is 2. The molecule has 1 fully saturated rings. The maximum absolute atomic E-state index is 13.9. The van der Waals surface area contributed by atoms with E-state index in [-0.39, 0.29) is 29.9 Å².